The van der Waals surface area contributed by atoms with Gasteiger partial charge in [0.1, 0.15) is 19.3 Å². The zero-order valence-electron chi connectivity index (χ0n) is 56.9. The Bertz CT molecular complexity index is 1700. The maximum Gasteiger partial charge on any atom is 0.472 e. The van der Waals surface area contributed by atoms with Crippen LogP contribution < -0.4 is 0 Å². The highest BCUT2D eigenvalue weighted by Crippen LogP contribution is 2.45. The second kappa shape index (κ2) is 62.5. The van der Waals surface area contributed by atoms with Crippen LogP contribution in [0.5, 0.6) is 0 Å². The summed E-state index contributed by atoms with van der Waals surface area (Å²) in [6.07, 6.45) is 48.6. The van der Waals surface area contributed by atoms with Gasteiger partial charge in [-0.15, -0.1) is 0 Å². The molecule has 0 radical (unpaired) electrons. The van der Waals surface area contributed by atoms with Crippen molar-refractivity contribution in [2.45, 2.75) is 374 Å². The molecular weight excluding hydrogens is 1160 g/mol. The minimum absolute atomic E-state index is 0.106. The zero-order valence-corrected chi connectivity index (χ0v) is 58.6. The summed E-state index contributed by atoms with van der Waals surface area (Å²) in [6, 6.07) is 0. The highest BCUT2D eigenvalue weighted by molar-refractivity contribution is 7.47. The Morgan fingerprint density at radius 1 is 0.307 bits per heavy atom. The molecule has 0 heterocycles. The number of phosphoric acid groups is 2. The van der Waals surface area contributed by atoms with Crippen molar-refractivity contribution in [3.63, 3.8) is 0 Å². The summed E-state index contributed by atoms with van der Waals surface area (Å²) in [6.45, 7) is 7.22. The van der Waals surface area contributed by atoms with Crippen LogP contribution in [0.3, 0.4) is 0 Å². The third-order valence-electron chi connectivity index (χ3n) is 16.0. The summed E-state index contributed by atoms with van der Waals surface area (Å²) in [5.74, 6) is -1.32. The molecule has 17 nitrogen and oxygen atoms in total. The lowest BCUT2D eigenvalue weighted by atomic mass is 10.0. The Hall–Kier alpha value is -1.94. The van der Waals surface area contributed by atoms with Crippen molar-refractivity contribution in [2.24, 2.45) is 5.92 Å². The molecule has 0 aromatic carbocycles. The molecule has 0 saturated heterocycles. The molecule has 19 heteroatoms. The number of aliphatic hydroxyl groups is 1. The van der Waals surface area contributed by atoms with E-state index in [0.717, 1.165) is 102 Å². The van der Waals surface area contributed by atoms with Crippen molar-refractivity contribution < 1.29 is 80.2 Å². The highest BCUT2D eigenvalue weighted by Gasteiger charge is 2.30. The van der Waals surface area contributed by atoms with Crippen LogP contribution in [-0.4, -0.2) is 96.7 Å². The number of unbranched alkanes of at least 4 members (excludes halogenated alkanes) is 41. The van der Waals surface area contributed by atoms with E-state index in [2.05, 4.69) is 34.6 Å². The Morgan fingerprint density at radius 3 is 0.773 bits per heavy atom. The smallest absolute Gasteiger partial charge is 0.462 e. The maximum atomic E-state index is 13.0. The number of carbonyl (C=O) groups is 4. The summed E-state index contributed by atoms with van der Waals surface area (Å²) in [7, 11) is -9.89. The minimum atomic E-state index is -4.95. The quantitative estimate of drug-likeness (QED) is 0.0222. The largest absolute Gasteiger partial charge is 0.472 e. The number of aliphatic hydroxyl groups excluding tert-OH is 1. The zero-order chi connectivity index (χ0) is 64.9. The summed E-state index contributed by atoms with van der Waals surface area (Å²) in [4.78, 5) is 72.3. The van der Waals surface area contributed by atoms with E-state index in [1.54, 1.807) is 0 Å². The molecular formula is C69H134O17P2. The molecule has 88 heavy (non-hydrogen) atoms. The molecule has 2 unspecified atom stereocenters. The predicted octanol–water partition coefficient (Wildman–Crippen LogP) is 19.7. The van der Waals surface area contributed by atoms with Crippen LogP contribution >= 0.6 is 15.6 Å². The normalized spacial score (nSPS) is 14.1. The first kappa shape index (κ1) is 86.1. The van der Waals surface area contributed by atoms with Gasteiger partial charge < -0.3 is 33.8 Å². The first-order chi connectivity index (χ1) is 42.5. The van der Waals surface area contributed by atoms with E-state index in [0.29, 0.717) is 25.7 Å². The van der Waals surface area contributed by atoms with Crippen molar-refractivity contribution in [2.75, 3.05) is 39.6 Å². The lowest BCUT2D eigenvalue weighted by Gasteiger charge is -2.21. The van der Waals surface area contributed by atoms with Gasteiger partial charge in [-0.3, -0.25) is 37.3 Å². The SMILES string of the molecule is CCCCCCCCCCCCCCCC(=O)OC[C@H](COP(=O)(O)OC[C@@H](O)COP(=O)(O)OC[C@@H](COC(=O)CCCCCCCCCC)OC(=O)CCCCCCCCCCC)OC(=O)CCCCCCCCCCCCCCCCCC(C)C. The summed E-state index contributed by atoms with van der Waals surface area (Å²) >= 11 is 0. The average Bonchev–Trinajstić information content (AvgIpc) is 3.57. The van der Waals surface area contributed by atoms with Crippen LogP contribution in [0.4, 0.5) is 0 Å². The Morgan fingerprint density at radius 2 is 0.523 bits per heavy atom. The maximum absolute atomic E-state index is 13.0. The van der Waals surface area contributed by atoms with Gasteiger partial charge in [0.2, 0.25) is 0 Å². The van der Waals surface area contributed by atoms with Gasteiger partial charge in [0.05, 0.1) is 26.4 Å². The van der Waals surface area contributed by atoms with E-state index < -0.39 is 97.5 Å². The molecule has 0 rings (SSSR count). The number of phosphoric ester groups is 2. The van der Waals surface area contributed by atoms with Gasteiger partial charge in [-0.05, 0) is 31.6 Å². The van der Waals surface area contributed by atoms with Crippen LogP contribution in [0.25, 0.3) is 0 Å². The number of carbonyl (C=O) groups excluding carboxylic acids is 4. The second-order valence-electron chi connectivity index (χ2n) is 25.4. The van der Waals surface area contributed by atoms with Crippen molar-refractivity contribution in [1.82, 2.24) is 0 Å². The summed E-state index contributed by atoms with van der Waals surface area (Å²) < 4.78 is 68.1. The molecule has 0 aliphatic carbocycles. The molecule has 0 saturated carbocycles. The van der Waals surface area contributed by atoms with E-state index in [1.807, 2.05) is 0 Å². The molecule has 0 aromatic rings. The molecule has 0 spiro atoms. The van der Waals surface area contributed by atoms with E-state index >= 15 is 0 Å². The van der Waals surface area contributed by atoms with E-state index in [4.69, 9.17) is 37.0 Å². The standard InChI is InChI=1S/C69H134O17P2/c1-6-9-12-15-18-21-22-26-30-34-38-43-48-53-67(72)80-59-65(86-69(74)55-50-45-40-35-31-28-25-23-24-27-29-33-36-41-46-51-62(4)5)61-84-88(77,78)82-57-63(70)56-81-87(75,76)83-60-64(58-79-66(71)52-47-42-37-20-17-14-11-8-3)85-68(73)54-49-44-39-32-19-16-13-10-7-2/h62-65,70H,6-61H2,1-5H3,(H,75,76)(H,77,78)/t63-,64+,65+/m0/s1. The summed E-state index contributed by atoms with van der Waals surface area (Å²) in [5.41, 5.74) is 0. The molecule has 0 amide bonds. The van der Waals surface area contributed by atoms with Gasteiger partial charge in [-0.25, -0.2) is 9.13 Å². The van der Waals surface area contributed by atoms with Crippen molar-refractivity contribution in [1.29, 1.82) is 0 Å². The van der Waals surface area contributed by atoms with Gasteiger partial charge >= 0.3 is 39.5 Å². The Labute approximate surface area is 537 Å². The van der Waals surface area contributed by atoms with Gasteiger partial charge in [0, 0.05) is 25.7 Å². The van der Waals surface area contributed by atoms with Gasteiger partial charge in [-0.1, -0.05) is 304 Å². The number of hydrogen-bond donors (Lipinski definition) is 3. The van der Waals surface area contributed by atoms with Crippen LogP contribution in [0.1, 0.15) is 356 Å². The van der Waals surface area contributed by atoms with Crippen LogP contribution in [0.2, 0.25) is 0 Å². The molecule has 0 aromatic heterocycles. The molecule has 5 atom stereocenters. The van der Waals surface area contributed by atoms with E-state index in [9.17, 15) is 43.2 Å². The van der Waals surface area contributed by atoms with Crippen LogP contribution in [0, 0.1) is 5.92 Å². The van der Waals surface area contributed by atoms with Crippen LogP contribution in [0.15, 0.2) is 0 Å². The molecule has 0 aliphatic rings. The third-order valence-corrected chi connectivity index (χ3v) is 17.9. The lowest BCUT2D eigenvalue weighted by Crippen LogP contribution is -2.30. The minimum Gasteiger partial charge on any atom is -0.462 e. The van der Waals surface area contributed by atoms with Gasteiger partial charge in [0.15, 0.2) is 12.2 Å². The average molecular weight is 1300 g/mol. The van der Waals surface area contributed by atoms with E-state index in [1.165, 1.54) is 173 Å². The van der Waals surface area contributed by atoms with Gasteiger partial charge in [0.25, 0.3) is 0 Å². The number of hydrogen-bond acceptors (Lipinski definition) is 15. The molecule has 0 bridgehead atoms. The van der Waals surface area contributed by atoms with Crippen molar-refractivity contribution in [3.8, 4) is 0 Å². The first-order valence-electron chi connectivity index (χ1n) is 36.1. The topological polar surface area (TPSA) is 237 Å². The Kier molecular flexibility index (Phi) is 61.1. The van der Waals surface area contributed by atoms with Gasteiger partial charge in [-0.2, -0.15) is 0 Å². The number of ether oxygens (including phenoxy) is 4. The summed E-state index contributed by atoms with van der Waals surface area (Å²) in [5, 5.41) is 10.6. The molecule has 522 valence electrons. The fourth-order valence-corrected chi connectivity index (χ4v) is 12.0. The lowest BCUT2D eigenvalue weighted by molar-refractivity contribution is -0.161. The molecule has 0 fully saturated rings. The monoisotopic (exact) mass is 1300 g/mol. The second-order valence-corrected chi connectivity index (χ2v) is 28.3. The molecule has 3 N–H and O–H groups in total. The first-order valence-corrected chi connectivity index (χ1v) is 39.1. The third kappa shape index (κ3) is 62.8. The predicted molar refractivity (Wildman–Crippen MR) is 354 cm³/mol. The van der Waals surface area contributed by atoms with Crippen LogP contribution in [-0.2, 0) is 65.4 Å². The highest BCUT2D eigenvalue weighted by atomic mass is 31.2. The molecule has 0 aliphatic heterocycles. The Balaban J connectivity index is 5.19. The van der Waals surface area contributed by atoms with Crippen molar-refractivity contribution >= 4 is 39.5 Å². The van der Waals surface area contributed by atoms with E-state index in [-0.39, 0.29) is 25.7 Å². The van der Waals surface area contributed by atoms with Crippen molar-refractivity contribution in [3.05, 3.63) is 0 Å². The number of esters is 4. The fourth-order valence-electron chi connectivity index (χ4n) is 10.5. The fraction of sp³-hybridized carbons (Fsp3) is 0.942. The number of rotatable bonds is 69.